The van der Waals surface area contributed by atoms with Gasteiger partial charge in [-0.15, -0.1) is 0 Å². The molecule has 0 unspecified atom stereocenters. The van der Waals surface area contributed by atoms with Crippen LogP contribution in [-0.2, 0) is 0 Å². The monoisotopic (exact) mass is 277 g/mol. The van der Waals surface area contributed by atoms with E-state index in [1.807, 2.05) is 0 Å². The van der Waals surface area contributed by atoms with Gasteiger partial charge in [0.2, 0.25) is 0 Å². The van der Waals surface area contributed by atoms with Crippen molar-refractivity contribution in [1.82, 2.24) is 0 Å². The fraction of sp³-hybridized carbons (Fsp3) is 0. The van der Waals surface area contributed by atoms with Crippen molar-refractivity contribution in [2.24, 2.45) is 0 Å². The maximum absolute atomic E-state index is 13.3. The van der Waals surface area contributed by atoms with E-state index in [-0.39, 0.29) is 11.5 Å². The third kappa shape index (κ3) is 3.47. The standard InChI is InChI=1S/C15H10F3NO/c16-11-3-1-10(2-4-11)15(20)7-8-19-14-6-5-12(17)9-13(14)18/h1-9,19H/b8-7+. The molecule has 1 N–H and O–H groups in total. The molecule has 2 nitrogen and oxygen atoms in total. The predicted octanol–water partition coefficient (Wildman–Crippen LogP) is 3.91. The summed E-state index contributed by atoms with van der Waals surface area (Å²) in [5.74, 6) is -2.24. The summed E-state index contributed by atoms with van der Waals surface area (Å²) in [6.45, 7) is 0. The lowest BCUT2D eigenvalue weighted by Gasteiger charge is -2.02. The average molecular weight is 277 g/mol. The quantitative estimate of drug-likeness (QED) is 0.678. The van der Waals surface area contributed by atoms with Crippen molar-refractivity contribution in [2.45, 2.75) is 0 Å². The van der Waals surface area contributed by atoms with Crippen molar-refractivity contribution in [1.29, 1.82) is 0 Å². The smallest absolute Gasteiger partial charge is 0.187 e. The molecule has 0 heterocycles. The first-order valence-electron chi connectivity index (χ1n) is 5.74. The molecule has 0 aliphatic rings. The minimum atomic E-state index is -0.760. The SMILES string of the molecule is O=C(/C=C/Nc1ccc(F)cc1F)c1ccc(F)cc1. The molecule has 2 aromatic carbocycles. The Morgan fingerprint density at radius 2 is 1.60 bits per heavy atom. The van der Waals surface area contributed by atoms with Crippen LogP contribution in [0.5, 0.6) is 0 Å². The van der Waals surface area contributed by atoms with Crippen molar-refractivity contribution in [3.8, 4) is 0 Å². The highest BCUT2D eigenvalue weighted by atomic mass is 19.1. The zero-order valence-electron chi connectivity index (χ0n) is 10.2. The van der Waals surface area contributed by atoms with Crippen LogP contribution in [0.25, 0.3) is 0 Å². The first kappa shape index (κ1) is 13.9. The van der Waals surface area contributed by atoms with Crippen LogP contribution in [0.1, 0.15) is 10.4 Å². The zero-order chi connectivity index (χ0) is 14.5. The summed E-state index contributed by atoms with van der Waals surface area (Å²) < 4.78 is 38.6. The lowest BCUT2D eigenvalue weighted by Crippen LogP contribution is -1.97. The first-order valence-corrected chi connectivity index (χ1v) is 5.74. The summed E-state index contributed by atoms with van der Waals surface area (Å²) in [7, 11) is 0. The highest BCUT2D eigenvalue weighted by Gasteiger charge is 2.03. The molecule has 0 atom stereocenters. The third-order valence-corrected chi connectivity index (χ3v) is 2.53. The van der Waals surface area contributed by atoms with E-state index < -0.39 is 17.5 Å². The highest BCUT2D eigenvalue weighted by Crippen LogP contribution is 2.14. The first-order chi connectivity index (χ1) is 9.56. The Morgan fingerprint density at radius 1 is 0.950 bits per heavy atom. The van der Waals surface area contributed by atoms with Crippen LogP contribution >= 0.6 is 0 Å². The summed E-state index contributed by atoms with van der Waals surface area (Å²) in [6, 6.07) is 8.10. The Balaban J connectivity index is 2.02. The number of ketones is 1. The Kier molecular flexibility index (Phi) is 4.20. The number of allylic oxidation sites excluding steroid dienone is 1. The van der Waals surface area contributed by atoms with Crippen LogP contribution in [0.2, 0.25) is 0 Å². The van der Waals surface area contributed by atoms with Crippen LogP contribution in [0, 0.1) is 17.5 Å². The van der Waals surface area contributed by atoms with Gasteiger partial charge in [0.1, 0.15) is 17.5 Å². The van der Waals surface area contributed by atoms with Gasteiger partial charge < -0.3 is 5.32 Å². The molecule has 0 aliphatic heterocycles. The molecule has 2 aromatic rings. The second-order valence-corrected chi connectivity index (χ2v) is 3.97. The van der Waals surface area contributed by atoms with E-state index in [4.69, 9.17) is 0 Å². The maximum atomic E-state index is 13.3. The molecular weight excluding hydrogens is 267 g/mol. The normalized spacial score (nSPS) is 10.8. The molecule has 102 valence electrons. The summed E-state index contributed by atoms with van der Waals surface area (Å²) in [5.41, 5.74) is 0.360. The summed E-state index contributed by atoms with van der Waals surface area (Å²) >= 11 is 0. The molecule has 0 bridgehead atoms. The van der Waals surface area contributed by atoms with Gasteiger partial charge in [0, 0.05) is 23.9 Å². The number of nitrogens with one attached hydrogen (secondary N) is 1. The van der Waals surface area contributed by atoms with E-state index >= 15 is 0 Å². The van der Waals surface area contributed by atoms with Gasteiger partial charge in [0.25, 0.3) is 0 Å². The van der Waals surface area contributed by atoms with E-state index in [9.17, 15) is 18.0 Å². The van der Waals surface area contributed by atoms with E-state index in [2.05, 4.69) is 5.32 Å². The number of benzene rings is 2. The molecule has 5 heteroatoms. The molecule has 20 heavy (non-hydrogen) atoms. The van der Waals surface area contributed by atoms with Gasteiger partial charge in [-0.25, -0.2) is 13.2 Å². The minimum Gasteiger partial charge on any atom is -0.359 e. The molecule has 0 saturated heterocycles. The van der Waals surface area contributed by atoms with Crippen molar-refractivity contribution in [3.05, 3.63) is 77.8 Å². The number of hydrogen-bond acceptors (Lipinski definition) is 2. The van der Waals surface area contributed by atoms with Crippen LogP contribution in [-0.4, -0.2) is 5.78 Å². The van der Waals surface area contributed by atoms with Crippen LogP contribution in [0.4, 0.5) is 18.9 Å². The Labute approximate surface area is 113 Å². The molecule has 0 radical (unpaired) electrons. The topological polar surface area (TPSA) is 29.1 Å². The van der Waals surface area contributed by atoms with Gasteiger partial charge in [0.15, 0.2) is 5.78 Å². The van der Waals surface area contributed by atoms with Gasteiger partial charge in [-0.3, -0.25) is 4.79 Å². The average Bonchev–Trinajstić information content (AvgIpc) is 2.42. The van der Waals surface area contributed by atoms with Crippen LogP contribution < -0.4 is 5.32 Å². The van der Waals surface area contributed by atoms with E-state index in [0.717, 1.165) is 12.1 Å². The number of carbonyl (C=O) groups excluding carboxylic acids is 1. The van der Waals surface area contributed by atoms with Crippen LogP contribution in [0.15, 0.2) is 54.7 Å². The largest absolute Gasteiger partial charge is 0.359 e. The van der Waals surface area contributed by atoms with Gasteiger partial charge in [-0.2, -0.15) is 0 Å². The molecule has 2 rings (SSSR count). The van der Waals surface area contributed by atoms with E-state index in [1.54, 1.807) is 0 Å². The molecular formula is C15H10F3NO. The fourth-order valence-corrected chi connectivity index (χ4v) is 1.52. The van der Waals surface area contributed by atoms with E-state index in [0.29, 0.717) is 5.56 Å². The number of halogens is 3. The number of hydrogen-bond donors (Lipinski definition) is 1. The lowest BCUT2D eigenvalue weighted by atomic mass is 10.1. The van der Waals surface area contributed by atoms with Crippen molar-refractivity contribution in [3.63, 3.8) is 0 Å². The number of rotatable bonds is 4. The van der Waals surface area contributed by atoms with Crippen molar-refractivity contribution >= 4 is 11.5 Å². The van der Waals surface area contributed by atoms with Gasteiger partial charge in [-0.05, 0) is 36.4 Å². The van der Waals surface area contributed by atoms with Gasteiger partial charge in [0.05, 0.1) is 5.69 Å². The fourth-order valence-electron chi connectivity index (χ4n) is 1.52. The highest BCUT2D eigenvalue weighted by molar-refractivity contribution is 6.04. The molecule has 0 spiro atoms. The third-order valence-electron chi connectivity index (χ3n) is 2.53. The molecule has 0 aromatic heterocycles. The number of anilines is 1. The zero-order valence-corrected chi connectivity index (χ0v) is 10.2. The van der Waals surface area contributed by atoms with Gasteiger partial charge >= 0.3 is 0 Å². The maximum Gasteiger partial charge on any atom is 0.187 e. The number of carbonyl (C=O) groups is 1. The second kappa shape index (κ2) is 6.06. The Morgan fingerprint density at radius 3 is 2.25 bits per heavy atom. The van der Waals surface area contributed by atoms with Crippen LogP contribution in [0.3, 0.4) is 0 Å². The molecule has 0 aliphatic carbocycles. The summed E-state index contributed by atoms with van der Waals surface area (Å²) in [6.07, 6.45) is 2.41. The molecule has 0 amide bonds. The Bertz CT molecular complexity index is 651. The van der Waals surface area contributed by atoms with Crippen molar-refractivity contribution in [2.75, 3.05) is 5.32 Å². The Hall–Kier alpha value is -2.56. The predicted molar refractivity (Wildman–Crippen MR) is 69.9 cm³/mol. The lowest BCUT2D eigenvalue weighted by molar-refractivity contribution is 0.104. The molecule has 0 fully saturated rings. The summed E-state index contributed by atoms with van der Waals surface area (Å²) in [5, 5.41) is 2.54. The molecule has 0 saturated carbocycles. The second-order valence-electron chi connectivity index (χ2n) is 3.97. The minimum absolute atomic E-state index is 0.0505. The van der Waals surface area contributed by atoms with Crippen molar-refractivity contribution < 1.29 is 18.0 Å². The van der Waals surface area contributed by atoms with E-state index in [1.165, 1.54) is 42.6 Å². The van der Waals surface area contributed by atoms with Gasteiger partial charge in [-0.1, -0.05) is 0 Å². The summed E-state index contributed by atoms with van der Waals surface area (Å²) in [4.78, 5) is 11.7.